The first kappa shape index (κ1) is 12.5. The summed E-state index contributed by atoms with van der Waals surface area (Å²) >= 11 is 0. The summed E-state index contributed by atoms with van der Waals surface area (Å²) in [5.74, 6) is 0.182. The van der Waals surface area contributed by atoms with Crippen LogP contribution in [-0.4, -0.2) is 36.5 Å². The molecule has 3 rings (SSSR count). The highest BCUT2D eigenvalue weighted by molar-refractivity contribution is 5.73. The molecule has 0 unspecified atom stereocenters. The Balaban J connectivity index is 1.72. The van der Waals surface area contributed by atoms with Gasteiger partial charge in [0, 0.05) is 38.3 Å². The maximum atomic E-state index is 11.4. The summed E-state index contributed by atoms with van der Waals surface area (Å²) in [7, 11) is 0. The molecule has 19 heavy (non-hydrogen) atoms. The predicted molar refractivity (Wildman–Crippen MR) is 76.1 cm³/mol. The SMILES string of the molecule is CC(=O)N1CC[C@H](Nc2cccc3c2CNCC3)C1. The third-order valence-corrected chi connectivity index (χ3v) is 4.14. The van der Waals surface area contributed by atoms with E-state index in [-0.39, 0.29) is 5.91 Å². The number of anilines is 1. The van der Waals surface area contributed by atoms with Gasteiger partial charge in [0.15, 0.2) is 0 Å². The van der Waals surface area contributed by atoms with Crippen molar-refractivity contribution in [2.75, 3.05) is 25.0 Å². The number of fused-ring (bicyclic) bond motifs is 1. The second-order valence-electron chi connectivity index (χ2n) is 5.46. The zero-order valence-electron chi connectivity index (χ0n) is 11.4. The Morgan fingerprint density at radius 1 is 1.47 bits per heavy atom. The Kier molecular flexibility index (Phi) is 3.42. The molecule has 0 bridgehead atoms. The van der Waals surface area contributed by atoms with Crippen LogP contribution >= 0.6 is 0 Å². The average molecular weight is 259 g/mol. The molecule has 0 aliphatic carbocycles. The van der Waals surface area contributed by atoms with E-state index in [0.717, 1.165) is 39.0 Å². The van der Waals surface area contributed by atoms with Gasteiger partial charge in [-0.05, 0) is 36.6 Å². The first-order valence-corrected chi connectivity index (χ1v) is 7.07. The van der Waals surface area contributed by atoms with Gasteiger partial charge in [-0.3, -0.25) is 4.79 Å². The lowest BCUT2D eigenvalue weighted by molar-refractivity contribution is -0.127. The van der Waals surface area contributed by atoms with E-state index in [2.05, 4.69) is 28.8 Å². The number of nitrogens with zero attached hydrogens (tertiary/aromatic N) is 1. The van der Waals surface area contributed by atoms with Crippen LogP contribution in [0.25, 0.3) is 0 Å². The van der Waals surface area contributed by atoms with Crippen molar-refractivity contribution < 1.29 is 4.79 Å². The minimum absolute atomic E-state index is 0.182. The van der Waals surface area contributed by atoms with Crippen LogP contribution in [0.5, 0.6) is 0 Å². The number of nitrogens with one attached hydrogen (secondary N) is 2. The molecular weight excluding hydrogens is 238 g/mol. The predicted octanol–water partition coefficient (Wildman–Crippen LogP) is 1.37. The Morgan fingerprint density at radius 3 is 3.16 bits per heavy atom. The van der Waals surface area contributed by atoms with Gasteiger partial charge in [0.25, 0.3) is 0 Å². The molecule has 102 valence electrons. The monoisotopic (exact) mass is 259 g/mol. The summed E-state index contributed by atoms with van der Waals surface area (Å²) in [5, 5.41) is 7.05. The van der Waals surface area contributed by atoms with Gasteiger partial charge < -0.3 is 15.5 Å². The Hall–Kier alpha value is -1.55. The number of rotatable bonds is 2. The number of carbonyl (C=O) groups is 1. The standard InChI is InChI=1S/C15H21N3O/c1-11(19)18-8-6-13(10-18)17-15-4-2-3-12-5-7-16-9-14(12)15/h2-4,13,16-17H,5-10H2,1H3/t13-/m0/s1. The molecular formula is C15H21N3O. The smallest absolute Gasteiger partial charge is 0.219 e. The minimum Gasteiger partial charge on any atom is -0.380 e. The molecule has 2 aliphatic rings. The van der Waals surface area contributed by atoms with Gasteiger partial charge in [-0.2, -0.15) is 0 Å². The van der Waals surface area contributed by atoms with Crippen LogP contribution < -0.4 is 10.6 Å². The number of benzene rings is 1. The lowest BCUT2D eigenvalue weighted by atomic mass is 9.99. The molecule has 1 amide bonds. The lowest BCUT2D eigenvalue weighted by Gasteiger charge is -2.23. The number of hydrogen-bond donors (Lipinski definition) is 2. The first-order valence-electron chi connectivity index (χ1n) is 7.07. The lowest BCUT2D eigenvalue weighted by Crippen LogP contribution is -2.30. The molecule has 1 fully saturated rings. The Labute approximate surface area is 114 Å². The average Bonchev–Trinajstić information content (AvgIpc) is 2.88. The molecule has 1 aromatic rings. The molecule has 0 radical (unpaired) electrons. The fourth-order valence-corrected chi connectivity index (χ4v) is 3.03. The Morgan fingerprint density at radius 2 is 2.37 bits per heavy atom. The van der Waals surface area contributed by atoms with Crippen LogP contribution in [0, 0.1) is 0 Å². The molecule has 0 aromatic heterocycles. The molecule has 0 saturated carbocycles. The van der Waals surface area contributed by atoms with Crippen LogP contribution in [0.1, 0.15) is 24.5 Å². The summed E-state index contributed by atoms with van der Waals surface area (Å²) in [4.78, 5) is 13.3. The molecule has 1 saturated heterocycles. The molecule has 0 spiro atoms. The zero-order chi connectivity index (χ0) is 13.2. The highest BCUT2D eigenvalue weighted by Crippen LogP contribution is 2.25. The van der Waals surface area contributed by atoms with Gasteiger partial charge in [0.1, 0.15) is 0 Å². The van der Waals surface area contributed by atoms with Crippen molar-refractivity contribution in [2.24, 2.45) is 0 Å². The zero-order valence-corrected chi connectivity index (χ0v) is 11.4. The van der Waals surface area contributed by atoms with Crippen molar-refractivity contribution in [1.29, 1.82) is 0 Å². The summed E-state index contributed by atoms with van der Waals surface area (Å²) in [5.41, 5.74) is 4.08. The fourth-order valence-electron chi connectivity index (χ4n) is 3.03. The molecule has 1 aromatic carbocycles. The normalized spacial score (nSPS) is 22.2. The van der Waals surface area contributed by atoms with Crippen LogP contribution in [0.2, 0.25) is 0 Å². The van der Waals surface area contributed by atoms with E-state index < -0.39 is 0 Å². The van der Waals surface area contributed by atoms with Crippen molar-refractivity contribution >= 4 is 11.6 Å². The van der Waals surface area contributed by atoms with Crippen molar-refractivity contribution in [3.05, 3.63) is 29.3 Å². The molecule has 2 heterocycles. The number of hydrogen-bond acceptors (Lipinski definition) is 3. The summed E-state index contributed by atoms with van der Waals surface area (Å²) in [6.07, 6.45) is 2.14. The van der Waals surface area contributed by atoms with Gasteiger partial charge in [0.2, 0.25) is 5.91 Å². The van der Waals surface area contributed by atoms with Crippen LogP contribution in [-0.2, 0) is 17.8 Å². The van der Waals surface area contributed by atoms with Gasteiger partial charge in [0.05, 0.1) is 0 Å². The highest BCUT2D eigenvalue weighted by Gasteiger charge is 2.24. The summed E-state index contributed by atoms with van der Waals surface area (Å²) in [6, 6.07) is 6.89. The van der Waals surface area contributed by atoms with E-state index in [0.29, 0.717) is 6.04 Å². The maximum absolute atomic E-state index is 11.4. The fraction of sp³-hybridized carbons (Fsp3) is 0.533. The quantitative estimate of drug-likeness (QED) is 0.843. The second kappa shape index (κ2) is 5.21. The minimum atomic E-state index is 0.182. The molecule has 1 atom stereocenters. The topological polar surface area (TPSA) is 44.4 Å². The number of carbonyl (C=O) groups excluding carboxylic acids is 1. The van der Waals surface area contributed by atoms with Crippen LogP contribution in [0.15, 0.2) is 18.2 Å². The third kappa shape index (κ3) is 2.59. The van der Waals surface area contributed by atoms with E-state index in [1.54, 1.807) is 6.92 Å². The van der Waals surface area contributed by atoms with Gasteiger partial charge in [-0.1, -0.05) is 12.1 Å². The third-order valence-electron chi connectivity index (χ3n) is 4.14. The van der Waals surface area contributed by atoms with E-state index in [4.69, 9.17) is 0 Å². The maximum Gasteiger partial charge on any atom is 0.219 e. The Bertz CT molecular complexity index is 486. The number of likely N-dealkylation sites (tertiary alicyclic amines) is 1. The van der Waals surface area contributed by atoms with Gasteiger partial charge in [-0.25, -0.2) is 0 Å². The van der Waals surface area contributed by atoms with Crippen LogP contribution in [0.4, 0.5) is 5.69 Å². The van der Waals surface area contributed by atoms with Crippen molar-refractivity contribution in [2.45, 2.75) is 32.4 Å². The number of amides is 1. The summed E-state index contributed by atoms with van der Waals surface area (Å²) in [6.45, 7) is 5.36. The van der Waals surface area contributed by atoms with Crippen molar-refractivity contribution in [3.8, 4) is 0 Å². The van der Waals surface area contributed by atoms with Crippen LogP contribution in [0.3, 0.4) is 0 Å². The largest absolute Gasteiger partial charge is 0.380 e. The molecule has 4 nitrogen and oxygen atoms in total. The molecule has 2 N–H and O–H groups in total. The molecule has 2 aliphatic heterocycles. The van der Waals surface area contributed by atoms with Crippen molar-refractivity contribution in [1.82, 2.24) is 10.2 Å². The van der Waals surface area contributed by atoms with E-state index in [1.165, 1.54) is 16.8 Å². The van der Waals surface area contributed by atoms with Gasteiger partial charge >= 0.3 is 0 Å². The first-order chi connectivity index (χ1) is 9.24. The van der Waals surface area contributed by atoms with Crippen molar-refractivity contribution in [3.63, 3.8) is 0 Å². The van der Waals surface area contributed by atoms with E-state index >= 15 is 0 Å². The van der Waals surface area contributed by atoms with Gasteiger partial charge in [-0.15, -0.1) is 0 Å². The van der Waals surface area contributed by atoms with E-state index in [1.807, 2.05) is 4.90 Å². The molecule has 4 heteroatoms. The second-order valence-corrected chi connectivity index (χ2v) is 5.46. The highest BCUT2D eigenvalue weighted by atomic mass is 16.2. The summed E-state index contributed by atoms with van der Waals surface area (Å²) < 4.78 is 0. The van der Waals surface area contributed by atoms with E-state index in [9.17, 15) is 4.79 Å².